The summed E-state index contributed by atoms with van der Waals surface area (Å²) in [7, 11) is 2.15. The molecule has 0 bridgehead atoms. The van der Waals surface area contributed by atoms with Crippen LogP contribution in [0.2, 0.25) is 5.28 Å². The van der Waals surface area contributed by atoms with Crippen LogP contribution in [-0.4, -0.2) is 41.5 Å². The number of aromatic nitrogens is 2. The Labute approximate surface area is 137 Å². The van der Waals surface area contributed by atoms with Gasteiger partial charge in [-0.05, 0) is 40.1 Å². The molecule has 1 atom stereocenters. The smallest absolute Gasteiger partial charge is 0.224 e. The first-order valence-corrected chi connectivity index (χ1v) is 8.00. The van der Waals surface area contributed by atoms with Crippen LogP contribution in [0, 0.1) is 0 Å². The maximum Gasteiger partial charge on any atom is 0.224 e. The van der Waals surface area contributed by atoms with Crippen LogP contribution < -0.4 is 4.90 Å². The second-order valence-electron chi connectivity index (χ2n) is 5.19. The fraction of sp³-hybridized carbons (Fsp3) is 0.333. The van der Waals surface area contributed by atoms with E-state index in [1.165, 1.54) is 5.56 Å². The third-order valence-corrected chi connectivity index (χ3v) is 4.48. The van der Waals surface area contributed by atoms with Gasteiger partial charge in [-0.15, -0.1) is 0 Å². The molecule has 4 nitrogen and oxygen atoms in total. The summed E-state index contributed by atoms with van der Waals surface area (Å²) in [5.74, 6) is 0.858. The van der Waals surface area contributed by atoms with Crippen molar-refractivity contribution >= 4 is 33.3 Å². The highest BCUT2D eigenvalue weighted by Gasteiger charge is 2.29. The predicted molar refractivity (Wildman–Crippen MR) is 88.8 cm³/mol. The summed E-state index contributed by atoms with van der Waals surface area (Å²) in [4.78, 5) is 13.1. The largest absolute Gasteiger partial charge is 0.346 e. The molecule has 1 saturated heterocycles. The number of anilines is 1. The molecular weight excluding hydrogens is 352 g/mol. The molecule has 1 aliphatic heterocycles. The number of hydrogen-bond donors (Lipinski definition) is 0. The Morgan fingerprint density at radius 1 is 1.24 bits per heavy atom. The van der Waals surface area contributed by atoms with Crippen LogP contribution >= 0.6 is 27.5 Å². The summed E-state index contributed by atoms with van der Waals surface area (Å²) in [6, 6.07) is 10.8. The van der Waals surface area contributed by atoms with Crippen LogP contribution in [0.25, 0.3) is 0 Å². The fourth-order valence-electron chi connectivity index (χ4n) is 2.67. The Kier molecular flexibility index (Phi) is 4.42. The Balaban J connectivity index is 2.00. The summed E-state index contributed by atoms with van der Waals surface area (Å²) < 4.78 is 0.873. The number of likely N-dealkylation sites (N-methyl/N-ethyl adjacent to an activating group) is 1. The number of rotatable bonds is 2. The van der Waals surface area contributed by atoms with Crippen molar-refractivity contribution in [1.29, 1.82) is 0 Å². The van der Waals surface area contributed by atoms with Crippen molar-refractivity contribution in [3.05, 3.63) is 51.8 Å². The lowest BCUT2D eigenvalue weighted by Gasteiger charge is -2.41. The standard InChI is InChI=1S/C15H16BrClN4/c1-20-7-8-21(14-12(16)9-18-15(17)19-14)13(10-20)11-5-3-2-4-6-11/h2-6,9,13H,7-8,10H2,1H3. The minimum atomic E-state index is 0.257. The first-order chi connectivity index (χ1) is 10.1. The minimum absolute atomic E-state index is 0.257. The second kappa shape index (κ2) is 6.30. The van der Waals surface area contributed by atoms with Gasteiger partial charge >= 0.3 is 0 Å². The van der Waals surface area contributed by atoms with Crippen LogP contribution in [0.1, 0.15) is 11.6 Å². The number of piperazine rings is 1. The van der Waals surface area contributed by atoms with Gasteiger partial charge in [0.2, 0.25) is 5.28 Å². The lowest BCUT2D eigenvalue weighted by atomic mass is 10.0. The van der Waals surface area contributed by atoms with E-state index in [9.17, 15) is 0 Å². The molecule has 2 heterocycles. The summed E-state index contributed by atoms with van der Waals surface area (Å²) in [5, 5.41) is 0.277. The Hall–Kier alpha value is -1.17. The molecule has 3 rings (SSSR count). The number of nitrogens with zero attached hydrogens (tertiary/aromatic N) is 4. The van der Waals surface area contributed by atoms with E-state index in [-0.39, 0.29) is 11.3 Å². The predicted octanol–water partition coefficient (Wildman–Crippen LogP) is 3.39. The van der Waals surface area contributed by atoms with E-state index < -0.39 is 0 Å². The van der Waals surface area contributed by atoms with Crippen molar-refractivity contribution in [2.24, 2.45) is 0 Å². The molecule has 0 radical (unpaired) electrons. The van der Waals surface area contributed by atoms with Crippen LogP contribution in [0.3, 0.4) is 0 Å². The highest BCUT2D eigenvalue weighted by molar-refractivity contribution is 9.10. The minimum Gasteiger partial charge on any atom is -0.346 e. The van der Waals surface area contributed by atoms with Gasteiger partial charge < -0.3 is 9.80 Å². The van der Waals surface area contributed by atoms with Crippen molar-refractivity contribution in [3.63, 3.8) is 0 Å². The van der Waals surface area contributed by atoms with Gasteiger partial charge in [0.15, 0.2) is 0 Å². The van der Waals surface area contributed by atoms with E-state index in [1.54, 1.807) is 6.20 Å². The molecule has 1 aliphatic rings. The van der Waals surface area contributed by atoms with Gasteiger partial charge in [0.1, 0.15) is 5.82 Å². The van der Waals surface area contributed by atoms with E-state index in [0.717, 1.165) is 29.9 Å². The molecule has 0 saturated carbocycles. The van der Waals surface area contributed by atoms with Gasteiger partial charge in [0.25, 0.3) is 0 Å². The Morgan fingerprint density at radius 2 is 2.00 bits per heavy atom. The average Bonchev–Trinajstić information content (AvgIpc) is 2.51. The van der Waals surface area contributed by atoms with E-state index >= 15 is 0 Å². The van der Waals surface area contributed by atoms with Crippen molar-refractivity contribution in [2.45, 2.75) is 6.04 Å². The lowest BCUT2D eigenvalue weighted by molar-refractivity contribution is 0.268. The van der Waals surface area contributed by atoms with Gasteiger partial charge in [-0.1, -0.05) is 30.3 Å². The summed E-state index contributed by atoms with van der Waals surface area (Å²) in [5.41, 5.74) is 1.28. The van der Waals surface area contributed by atoms with Gasteiger partial charge in [-0.2, -0.15) is 4.98 Å². The molecule has 1 unspecified atom stereocenters. The fourth-order valence-corrected chi connectivity index (χ4v) is 3.22. The van der Waals surface area contributed by atoms with Gasteiger partial charge in [-0.25, -0.2) is 4.98 Å². The zero-order valence-electron chi connectivity index (χ0n) is 11.7. The van der Waals surface area contributed by atoms with Gasteiger partial charge in [0.05, 0.1) is 10.5 Å². The van der Waals surface area contributed by atoms with E-state index in [4.69, 9.17) is 11.6 Å². The maximum atomic E-state index is 5.98. The van der Waals surface area contributed by atoms with Crippen molar-refractivity contribution in [1.82, 2.24) is 14.9 Å². The normalized spacial score (nSPS) is 19.8. The zero-order chi connectivity index (χ0) is 14.8. The molecular formula is C15H16BrClN4. The summed E-state index contributed by atoms with van der Waals surface area (Å²) >= 11 is 9.52. The van der Waals surface area contributed by atoms with Gasteiger partial charge in [-0.3, -0.25) is 0 Å². The first-order valence-electron chi connectivity index (χ1n) is 6.83. The molecule has 1 aromatic heterocycles. The second-order valence-corrected chi connectivity index (χ2v) is 6.39. The van der Waals surface area contributed by atoms with E-state index in [2.05, 4.69) is 67.0 Å². The average molecular weight is 368 g/mol. The van der Waals surface area contributed by atoms with E-state index in [0.29, 0.717) is 0 Å². The highest BCUT2D eigenvalue weighted by Crippen LogP contribution is 2.33. The van der Waals surface area contributed by atoms with Crippen LogP contribution in [-0.2, 0) is 0 Å². The molecule has 21 heavy (non-hydrogen) atoms. The first kappa shape index (κ1) is 14.8. The topological polar surface area (TPSA) is 32.3 Å². The maximum absolute atomic E-state index is 5.98. The molecule has 1 aromatic carbocycles. The van der Waals surface area contributed by atoms with Crippen molar-refractivity contribution in [2.75, 3.05) is 31.6 Å². The highest BCUT2D eigenvalue weighted by atomic mass is 79.9. The molecule has 0 spiro atoms. The molecule has 110 valence electrons. The monoisotopic (exact) mass is 366 g/mol. The third kappa shape index (κ3) is 3.20. The van der Waals surface area contributed by atoms with E-state index in [1.807, 2.05) is 6.07 Å². The molecule has 0 N–H and O–H groups in total. The molecule has 2 aromatic rings. The van der Waals surface area contributed by atoms with Crippen molar-refractivity contribution < 1.29 is 0 Å². The van der Waals surface area contributed by atoms with Crippen LogP contribution in [0.5, 0.6) is 0 Å². The quantitative estimate of drug-likeness (QED) is 0.762. The Morgan fingerprint density at radius 3 is 2.76 bits per heavy atom. The molecule has 0 amide bonds. The van der Waals surface area contributed by atoms with Gasteiger partial charge in [0, 0.05) is 25.8 Å². The SMILES string of the molecule is CN1CCN(c2nc(Cl)ncc2Br)C(c2ccccc2)C1. The Bertz CT molecular complexity index is 622. The van der Waals surface area contributed by atoms with Crippen molar-refractivity contribution in [3.8, 4) is 0 Å². The molecule has 0 aliphatic carbocycles. The molecule has 6 heteroatoms. The third-order valence-electron chi connectivity index (χ3n) is 3.74. The zero-order valence-corrected chi connectivity index (χ0v) is 14.0. The number of benzene rings is 1. The molecule has 1 fully saturated rings. The van der Waals surface area contributed by atoms with Crippen LogP contribution in [0.15, 0.2) is 41.0 Å². The summed E-state index contributed by atoms with van der Waals surface area (Å²) in [6.07, 6.45) is 1.71. The number of halogens is 2. The number of hydrogen-bond acceptors (Lipinski definition) is 4. The van der Waals surface area contributed by atoms with Crippen LogP contribution in [0.4, 0.5) is 5.82 Å². The lowest BCUT2D eigenvalue weighted by Crippen LogP contribution is -2.47. The summed E-state index contributed by atoms with van der Waals surface area (Å²) in [6.45, 7) is 2.86.